The fourth-order valence-corrected chi connectivity index (χ4v) is 1.57. The summed E-state index contributed by atoms with van der Waals surface area (Å²) < 4.78 is 10.00. The highest BCUT2D eigenvalue weighted by molar-refractivity contribution is 5.76. The molecule has 0 spiro atoms. The van der Waals surface area contributed by atoms with Crippen LogP contribution < -0.4 is 5.32 Å². The van der Waals surface area contributed by atoms with Crippen molar-refractivity contribution in [3.63, 3.8) is 0 Å². The number of aliphatic hydroxyl groups is 1. The van der Waals surface area contributed by atoms with E-state index in [4.69, 9.17) is 14.0 Å². The summed E-state index contributed by atoms with van der Waals surface area (Å²) in [6.07, 6.45) is 3.61. The van der Waals surface area contributed by atoms with E-state index in [9.17, 15) is 4.79 Å². The fraction of sp³-hybridized carbons (Fsp3) is 0.462. The third kappa shape index (κ3) is 3.67. The molecular formula is C13H17N3O4. The molecule has 0 aliphatic rings. The van der Waals surface area contributed by atoms with Crippen LogP contribution >= 0.6 is 0 Å². The van der Waals surface area contributed by atoms with Gasteiger partial charge in [0.2, 0.25) is 17.6 Å². The van der Waals surface area contributed by atoms with E-state index in [2.05, 4.69) is 15.5 Å². The van der Waals surface area contributed by atoms with Gasteiger partial charge in [0.25, 0.3) is 0 Å². The fourth-order valence-electron chi connectivity index (χ4n) is 1.57. The van der Waals surface area contributed by atoms with Gasteiger partial charge in [0, 0.05) is 12.8 Å². The molecule has 2 aromatic heterocycles. The van der Waals surface area contributed by atoms with Crippen LogP contribution in [0.1, 0.15) is 26.2 Å². The third-order valence-electron chi connectivity index (χ3n) is 2.69. The van der Waals surface area contributed by atoms with Crippen molar-refractivity contribution >= 4 is 5.91 Å². The molecule has 20 heavy (non-hydrogen) atoms. The van der Waals surface area contributed by atoms with E-state index in [1.165, 1.54) is 12.5 Å². The number of aromatic nitrogens is 2. The Morgan fingerprint density at radius 3 is 2.95 bits per heavy atom. The number of amides is 1. The number of carbonyl (C=O) groups excluding carboxylic acids is 1. The predicted octanol–water partition coefficient (Wildman–Crippen LogP) is 1.15. The third-order valence-corrected chi connectivity index (χ3v) is 2.69. The number of rotatable bonds is 6. The highest BCUT2D eigenvalue weighted by Crippen LogP contribution is 2.16. The average molecular weight is 279 g/mol. The lowest BCUT2D eigenvalue weighted by atomic mass is 10.1. The van der Waals surface area contributed by atoms with Crippen molar-refractivity contribution in [2.24, 2.45) is 0 Å². The summed E-state index contributed by atoms with van der Waals surface area (Å²) in [6.45, 7) is 3.37. The first-order chi connectivity index (χ1) is 9.50. The number of hydrogen-bond acceptors (Lipinski definition) is 6. The molecule has 1 amide bonds. The van der Waals surface area contributed by atoms with E-state index >= 15 is 0 Å². The molecule has 7 nitrogen and oxygen atoms in total. The number of furan rings is 1. The Labute approximate surface area is 116 Å². The van der Waals surface area contributed by atoms with E-state index in [1.807, 2.05) is 0 Å². The van der Waals surface area contributed by atoms with Crippen molar-refractivity contribution in [3.05, 3.63) is 24.5 Å². The van der Waals surface area contributed by atoms with Crippen molar-refractivity contribution in [1.82, 2.24) is 15.5 Å². The summed E-state index contributed by atoms with van der Waals surface area (Å²) in [5.41, 5.74) is 0.0966. The van der Waals surface area contributed by atoms with Gasteiger partial charge in [-0.25, -0.2) is 0 Å². The zero-order valence-electron chi connectivity index (χ0n) is 11.4. The summed E-state index contributed by atoms with van der Waals surface area (Å²) in [7, 11) is 0. The molecule has 0 radical (unpaired) electrons. The minimum absolute atomic E-state index is 0.121. The maximum atomic E-state index is 11.7. The number of aliphatic hydroxyl groups excluding tert-OH is 1. The van der Waals surface area contributed by atoms with Gasteiger partial charge in [0.15, 0.2) is 0 Å². The van der Waals surface area contributed by atoms with E-state index in [0.29, 0.717) is 18.1 Å². The van der Waals surface area contributed by atoms with Crippen LogP contribution in [-0.4, -0.2) is 33.3 Å². The second-order valence-electron chi connectivity index (χ2n) is 5.11. The smallest absolute Gasteiger partial charge is 0.227 e. The normalized spacial score (nSPS) is 11.6. The Morgan fingerprint density at radius 2 is 2.30 bits per heavy atom. The summed E-state index contributed by atoms with van der Waals surface area (Å²) in [4.78, 5) is 15.9. The molecule has 2 N–H and O–H groups in total. The Morgan fingerprint density at radius 1 is 1.50 bits per heavy atom. The molecule has 7 heteroatoms. The van der Waals surface area contributed by atoms with Crippen LogP contribution in [0.5, 0.6) is 0 Å². The predicted molar refractivity (Wildman–Crippen MR) is 69.6 cm³/mol. The molecule has 0 bridgehead atoms. The van der Waals surface area contributed by atoms with E-state index in [1.54, 1.807) is 19.9 Å². The first-order valence-electron chi connectivity index (χ1n) is 6.27. The molecule has 0 aromatic carbocycles. The van der Waals surface area contributed by atoms with Crippen molar-refractivity contribution in [3.8, 4) is 11.4 Å². The zero-order valence-corrected chi connectivity index (χ0v) is 11.4. The maximum Gasteiger partial charge on any atom is 0.227 e. The van der Waals surface area contributed by atoms with Gasteiger partial charge >= 0.3 is 0 Å². The van der Waals surface area contributed by atoms with Gasteiger partial charge < -0.3 is 19.4 Å². The molecule has 0 unspecified atom stereocenters. The Balaban J connectivity index is 1.87. The summed E-state index contributed by atoms with van der Waals surface area (Å²) in [6, 6.07) is 1.73. The maximum absolute atomic E-state index is 11.7. The topological polar surface area (TPSA) is 101 Å². The Bertz CT molecular complexity index is 560. The SMILES string of the molecule is CC(C)(CO)NC(=O)CCc1nc(-c2ccoc2)no1. The lowest BCUT2D eigenvalue weighted by Gasteiger charge is -2.23. The van der Waals surface area contributed by atoms with Gasteiger partial charge in [0.05, 0.1) is 24.0 Å². The highest BCUT2D eigenvalue weighted by Gasteiger charge is 2.19. The lowest BCUT2D eigenvalue weighted by molar-refractivity contribution is -0.123. The molecule has 0 fully saturated rings. The molecule has 0 saturated carbocycles. The molecule has 0 aliphatic heterocycles. The van der Waals surface area contributed by atoms with Crippen LogP contribution in [0.2, 0.25) is 0 Å². The second-order valence-corrected chi connectivity index (χ2v) is 5.11. The van der Waals surface area contributed by atoms with Crippen LogP contribution in [0, 0.1) is 0 Å². The monoisotopic (exact) mass is 279 g/mol. The minimum atomic E-state index is -0.631. The van der Waals surface area contributed by atoms with Crippen LogP contribution in [0.4, 0.5) is 0 Å². The largest absolute Gasteiger partial charge is 0.472 e. The van der Waals surface area contributed by atoms with Gasteiger partial charge in [-0.05, 0) is 19.9 Å². The van der Waals surface area contributed by atoms with Crippen LogP contribution in [-0.2, 0) is 11.2 Å². The van der Waals surface area contributed by atoms with Crippen molar-refractivity contribution in [1.29, 1.82) is 0 Å². The number of hydrogen-bond donors (Lipinski definition) is 2. The Kier molecular flexibility index (Phi) is 4.19. The molecule has 2 heterocycles. The van der Waals surface area contributed by atoms with Gasteiger partial charge in [0.1, 0.15) is 6.26 Å². The molecular weight excluding hydrogens is 262 g/mol. The first-order valence-corrected chi connectivity index (χ1v) is 6.27. The van der Waals surface area contributed by atoms with E-state index in [-0.39, 0.29) is 18.9 Å². The number of nitrogens with zero attached hydrogens (tertiary/aromatic N) is 2. The van der Waals surface area contributed by atoms with Crippen LogP contribution in [0.25, 0.3) is 11.4 Å². The Hall–Kier alpha value is -2.15. The zero-order chi connectivity index (χ0) is 14.6. The molecule has 0 atom stereocenters. The summed E-state index contributed by atoms with van der Waals surface area (Å²) >= 11 is 0. The molecule has 2 rings (SSSR count). The van der Waals surface area contributed by atoms with Crippen LogP contribution in [0.15, 0.2) is 27.5 Å². The lowest BCUT2D eigenvalue weighted by Crippen LogP contribution is -2.46. The van der Waals surface area contributed by atoms with Gasteiger partial charge in [-0.2, -0.15) is 4.98 Å². The van der Waals surface area contributed by atoms with Gasteiger partial charge in [-0.1, -0.05) is 5.16 Å². The average Bonchev–Trinajstić information content (AvgIpc) is 3.06. The number of carbonyl (C=O) groups is 1. The molecule has 2 aromatic rings. The molecule has 108 valence electrons. The standard InChI is InChI=1S/C13H17N3O4/c1-13(2,8-17)15-10(18)3-4-11-14-12(16-20-11)9-5-6-19-7-9/h5-7,17H,3-4,8H2,1-2H3,(H,15,18). The van der Waals surface area contributed by atoms with E-state index in [0.717, 1.165) is 5.56 Å². The highest BCUT2D eigenvalue weighted by atomic mass is 16.5. The van der Waals surface area contributed by atoms with Crippen molar-refractivity contribution < 1.29 is 18.8 Å². The summed E-state index contributed by atoms with van der Waals surface area (Å²) in [5.74, 6) is 0.648. The van der Waals surface area contributed by atoms with Crippen LogP contribution in [0.3, 0.4) is 0 Å². The first kappa shape index (κ1) is 14.3. The molecule has 0 aliphatic carbocycles. The number of nitrogens with one attached hydrogen (secondary N) is 1. The second kappa shape index (κ2) is 5.87. The van der Waals surface area contributed by atoms with Gasteiger partial charge in [-0.15, -0.1) is 0 Å². The van der Waals surface area contributed by atoms with E-state index < -0.39 is 5.54 Å². The quantitative estimate of drug-likeness (QED) is 0.822. The summed E-state index contributed by atoms with van der Waals surface area (Å²) in [5, 5.41) is 15.6. The minimum Gasteiger partial charge on any atom is -0.472 e. The van der Waals surface area contributed by atoms with Gasteiger partial charge in [-0.3, -0.25) is 4.79 Å². The molecule has 0 saturated heterocycles. The van der Waals surface area contributed by atoms with Crippen molar-refractivity contribution in [2.45, 2.75) is 32.2 Å². The van der Waals surface area contributed by atoms with Crippen molar-refractivity contribution in [2.75, 3.05) is 6.61 Å². The number of aryl methyl sites for hydroxylation is 1.